The average Bonchev–Trinajstić information content (AvgIpc) is 2.83. The zero-order valence-electron chi connectivity index (χ0n) is 9.67. The summed E-state index contributed by atoms with van der Waals surface area (Å²) in [5.74, 6) is 0. The van der Waals surface area contributed by atoms with Gasteiger partial charge in [0.25, 0.3) is 0 Å². The molecule has 0 amide bonds. The SMILES string of the molecule is COCC(O)(Cc1cncs1)c1ccccc1. The molecule has 90 valence electrons. The molecule has 3 nitrogen and oxygen atoms in total. The highest BCUT2D eigenvalue weighted by Gasteiger charge is 2.30. The van der Waals surface area contributed by atoms with Crippen molar-refractivity contribution in [1.29, 1.82) is 0 Å². The fourth-order valence-corrected chi connectivity index (χ4v) is 2.54. The van der Waals surface area contributed by atoms with Gasteiger partial charge in [-0.1, -0.05) is 30.3 Å². The van der Waals surface area contributed by atoms with Crippen molar-refractivity contribution in [3.05, 3.63) is 52.5 Å². The van der Waals surface area contributed by atoms with Crippen LogP contribution in [0.5, 0.6) is 0 Å². The third kappa shape index (κ3) is 2.91. The number of hydrogen-bond donors (Lipinski definition) is 1. The summed E-state index contributed by atoms with van der Waals surface area (Å²) in [5, 5.41) is 10.7. The summed E-state index contributed by atoms with van der Waals surface area (Å²) in [6, 6.07) is 9.61. The smallest absolute Gasteiger partial charge is 0.118 e. The van der Waals surface area contributed by atoms with E-state index in [9.17, 15) is 5.11 Å². The van der Waals surface area contributed by atoms with Gasteiger partial charge in [-0.3, -0.25) is 4.98 Å². The van der Waals surface area contributed by atoms with Gasteiger partial charge in [0.15, 0.2) is 0 Å². The molecule has 1 atom stereocenters. The molecular formula is C13H15NO2S. The second-order valence-electron chi connectivity index (χ2n) is 3.98. The van der Waals surface area contributed by atoms with Crippen molar-refractivity contribution in [3.8, 4) is 0 Å². The minimum Gasteiger partial charge on any atom is -0.382 e. The normalized spacial score (nSPS) is 14.5. The van der Waals surface area contributed by atoms with E-state index in [0.29, 0.717) is 6.42 Å². The molecule has 4 heteroatoms. The topological polar surface area (TPSA) is 42.4 Å². The van der Waals surface area contributed by atoms with Gasteiger partial charge in [-0.15, -0.1) is 11.3 Å². The van der Waals surface area contributed by atoms with Crippen molar-refractivity contribution in [2.45, 2.75) is 12.0 Å². The molecule has 0 radical (unpaired) electrons. The minimum atomic E-state index is -0.984. The highest BCUT2D eigenvalue weighted by molar-refractivity contribution is 7.09. The monoisotopic (exact) mass is 249 g/mol. The molecule has 0 saturated carbocycles. The number of ether oxygens (including phenoxy) is 1. The first-order valence-corrected chi connectivity index (χ1v) is 6.27. The average molecular weight is 249 g/mol. The molecule has 17 heavy (non-hydrogen) atoms. The number of methoxy groups -OCH3 is 1. The summed E-state index contributed by atoms with van der Waals surface area (Å²) in [4.78, 5) is 5.08. The summed E-state index contributed by atoms with van der Waals surface area (Å²) >= 11 is 1.54. The molecule has 1 N–H and O–H groups in total. The number of benzene rings is 1. The van der Waals surface area contributed by atoms with Crippen LogP contribution in [0.1, 0.15) is 10.4 Å². The van der Waals surface area contributed by atoms with Crippen LogP contribution in [0.4, 0.5) is 0 Å². The van der Waals surface area contributed by atoms with Gasteiger partial charge in [0, 0.05) is 24.6 Å². The van der Waals surface area contributed by atoms with Crippen molar-refractivity contribution in [2.24, 2.45) is 0 Å². The maximum atomic E-state index is 10.7. The van der Waals surface area contributed by atoms with Gasteiger partial charge in [-0.25, -0.2) is 0 Å². The predicted molar refractivity (Wildman–Crippen MR) is 68.0 cm³/mol. The van der Waals surface area contributed by atoms with E-state index in [1.165, 1.54) is 0 Å². The molecule has 0 bridgehead atoms. The van der Waals surface area contributed by atoms with Crippen LogP contribution in [0.25, 0.3) is 0 Å². The van der Waals surface area contributed by atoms with Crippen molar-refractivity contribution in [2.75, 3.05) is 13.7 Å². The Morgan fingerprint density at radius 1 is 1.35 bits per heavy atom. The highest BCUT2D eigenvalue weighted by atomic mass is 32.1. The Morgan fingerprint density at radius 3 is 2.71 bits per heavy atom. The summed E-state index contributed by atoms with van der Waals surface area (Å²) in [6.45, 7) is 0.273. The quantitative estimate of drug-likeness (QED) is 0.883. The van der Waals surface area contributed by atoms with E-state index >= 15 is 0 Å². The predicted octanol–water partition coefficient (Wildman–Crippen LogP) is 2.22. The van der Waals surface area contributed by atoms with Gasteiger partial charge in [0.05, 0.1) is 12.1 Å². The Morgan fingerprint density at radius 2 is 2.12 bits per heavy atom. The lowest BCUT2D eigenvalue weighted by molar-refractivity contribution is -0.0350. The van der Waals surface area contributed by atoms with E-state index in [1.54, 1.807) is 30.2 Å². The number of rotatable bonds is 5. The van der Waals surface area contributed by atoms with Gasteiger partial charge in [0.1, 0.15) is 5.60 Å². The van der Waals surface area contributed by atoms with Gasteiger partial charge < -0.3 is 9.84 Å². The van der Waals surface area contributed by atoms with E-state index in [-0.39, 0.29) is 6.61 Å². The van der Waals surface area contributed by atoms with Crippen molar-refractivity contribution in [1.82, 2.24) is 4.98 Å². The number of aromatic nitrogens is 1. The van der Waals surface area contributed by atoms with E-state index in [0.717, 1.165) is 10.4 Å². The van der Waals surface area contributed by atoms with Crippen molar-refractivity contribution >= 4 is 11.3 Å². The van der Waals surface area contributed by atoms with Gasteiger partial charge in [-0.2, -0.15) is 0 Å². The number of thiazole rings is 1. The van der Waals surface area contributed by atoms with Gasteiger partial charge in [-0.05, 0) is 5.56 Å². The lowest BCUT2D eigenvalue weighted by Gasteiger charge is -2.27. The molecule has 0 fully saturated rings. The lowest BCUT2D eigenvalue weighted by atomic mass is 9.91. The maximum absolute atomic E-state index is 10.7. The molecular weight excluding hydrogens is 234 g/mol. The molecule has 0 aliphatic carbocycles. The zero-order chi connectivity index (χ0) is 12.1. The summed E-state index contributed by atoms with van der Waals surface area (Å²) in [5.41, 5.74) is 1.66. The van der Waals surface area contributed by atoms with E-state index in [2.05, 4.69) is 4.98 Å². The molecule has 1 heterocycles. The van der Waals surface area contributed by atoms with E-state index in [1.807, 2.05) is 30.3 Å². The number of nitrogens with zero attached hydrogens (tertiary/aromatic N) is 1. The standard InChI is InChI=1S/C13H15NO2S/c1-16-9-13(15,7-12-8-14-10-17-12)11-5-3-2-4-6-11/h2-6,8,10,15H,7,9H2,1H3. The lowest BCUT2D eigenvalue weighted by Crippen LogP contribution is -2.33. The van der Waals surface area contributed by atoms with E-state index in [4.69, 9.17) is 4.74 Å². The van der Waals surface area contributed by atoms with Crippen molar-refractivity contribution < 1.29 is 9.84 Å². The first kappa shape index (κ1) is 12.2. The number of hydrogen-bond acceptors (Lipinski definition) is 4. The maximum Gasteiger partial charge on any atom is 0.118 e. The third-order valence-corrected chi connectivity index (χ3v) is 3.42. The van der Waals surface area contributed by atoms with Crippen LogP contribution in [0.3, 0.4) is 0 Å². The molecule has 0 aliphatic rings. The first-order chi connectivity index (χ1) is 8.24. The second kappa shape index (κ2) is 5.40. The zero-order valence-corrected chi connectivity index (χ0v) is 10.5. The van der Waals surface area contributed by atoms with Gasteiger partial charge >= 0.3 is 0 Å². The van der Waals surface area contributed by atoms with Crippen LogP contribution < -0.4 is 0 Å². The van der Waals surface area contributed by atoms with Crippen LogP contribution in [0, 0.1) is 0 Å². The highest BCUT2D eigenvalue weighted by Crippen LogP contribution is 2.27. The fourth-order valence-electron chi connectivity index (χ4n) is 1.84. The molecule has 2 rings (SSSR count). The second-order valence-corrected chi connectivity index (χ2v) is 4.95. The number of aliphatic hydroxyl groups is 1. The minimum absolute atomic E-state index is 0.273. The molecule has 0 aliphatic heterocycles. The van der Waals surface area contributed by atoms with Gasteiger partial charge in [0.2, 0.25) is 0 Å². The summed E-state index contributed by atoms with van der Waals surface area (Å²) in [6.07, 6.45) is 2.31. The van der Waals surface area contributed by atoms with E-state index < -0.39 is 5.60 Å². The molecule has 1 aromatic heterocycles. The third-order valence-electron chi connectivity index (χ3n) is 2.64. The van der Waals surface area contributed by atoms with Crippen molar-refractivity contribution in [3.63, 3.8) is 0 Å². The van der Waals surface area contributed by atoms with Crippen LogP contribution in [-0.2, 0) is 16.8 Å². The van der Waals surface area contributed by atoms with Crippen LogP contribution >= 0.6 is 11.3 Å². The van der Waals surface area contributed by atoms with Crippen LogP contribution in [0.15, 0.2) is 42.0 Å². The Kier molecular flexibility index (Phi) is 3.89. The Bertz CT molecular complexity index is 444. The fraction of sp³-hybridized carbons (Fsp3) is 0.308. The molecule has 0 spiro atoms. The van der Waals surface area contributed by atoms with Crippen LogP contribution in [0.2, 0.25) is 0 Å². The molecule has 1 aromatic carbocycles. The first-order valence-electron chi connectivity index (χ1n) is 5.39. The largest absolute Gasteiger partial charge is 0.382 e. The Hall–Kier alpha value is -1.23. The molecule has 2 aromatic rings. The summed E-state index contributed by atoms with van der Waals surface area (Å²) < 4.78 is 5.14. The Labute approximate surface area is 105 Å². The summed E-state index contributed by atoms with van der Waals surface area (Å²) in [7, 11) is 1.60. The Balaban J connectivity index is 2.26. The molecule has 1 unspecified atom stereocenters. The molecule has 0 saturated heterocycles. The van der Waals surface area contributed by atoms with Crippen LogP contribution in [-0.4, -0.2) is 23.8 Å².